The van der Waals surface area contributed by atoms with Crippen molar-refractivity contribution in [1.82, 2.24) is 4.98 Å². The second-order valence-electron chi connectivity index (χ2n) is 4.66. The second-order valence-corrected chi connectivity index (χ2v) is 4.66. The zero-order valence-corrected chi connectivity index (χ0v) is 9.88. The van der Waals surface area contributed by atoms with Crippen LogP contribution in [-0.4, -0.2) is 22.8 Å². The average molecular weight is 248 g/mol. The predicted octanol–water partition coefficient (Wildman–Crippen LogP) is 2.06. The summed E-state index contributed by atoms with van der Waals surface area (Å²) in [7, 11) is 0. The van der Waals surface area contributed by atoms with Gasteiger partial charge in [-0.1, -0.05) is 0 Å². The molecule has 2 aliphatic carbocycles. The van der Waals surface area contributed by atoms with Crippen molar-refractivity contribution >= 4 is 17.8 Å². The van der Waals surface area contributed by atoms with Crippen LogP contribution in [0.1, 0.15) is 27.3 Å². The van der Waals surface area contributed by atoms with Gasteiger partial charge in [0.25, 0.3) is 0 Å². The van der Waals surface area contributed by atoms with Gasteiger partial charge in [0.2, 0.25) is 5.78 Å². The number of aromatic nitrogens is 1. The standard InChI is InChI=1S/C15H8N2O2/c18-14-10-2-1-3-17-13(10)15(19)12-5-9-7-16-6-8(9)4-11(12)14/h1-4,6-7H,5H2. The molecular formula is C15H8N2O2. The molecule has 2 heterocycles. The molecule has 4 heteroatoms. The molecule has 0 radical (unpaired) electrons. The van der Waals surface area contributed by atoms with Crippen molar-refractivity contribution in [3.05, 3.63) is 64.2 Å². The van der Waals surface area contributed by atoms with Gasteiger partial charge in [-0.15, -0.1) is 0 Å². The van der Waals surface area contributed by atoms with Crippen LogP contribution >= 0.6 is 0 Å². The fourth-order valence-electron chi connectivity index (χ4n) is 2.63. The molecule has 0 bridgehead atoms. The molecule has 0 saturated heterocycles. The number of carbonyl (C=O) groups excluding carboxylic acids is 2. The fraction of sp³-hybridized carbons (Fsp3) is 0.0667. The first-order valence-electron chi connectivity index (χ1n) is 5.97. The minimum absolute atomic E-state index is 0.121. The number of hydrogen-bond acceptors (Lipinski definition) is 4. The van der Waals surface area contributed by atoms with Crippen LogP contribution in [0.2, 0.25) is 0 Å². The number of fused-ring (bicyclic) bond motifs is 2. The average Bonchev–Trinajstić information content (AvgIpc) is 2.90. The number of ketones is 2. The lowest BCUT2D eigenvalue weighted by Gasteiger charge is -2.22. The quantitative estimate of drug-likeness (QED) is 0.706. The Bertz CT molecular complexity index is 779. The number of nitrogens with zero attached hydrogens (tertiary/aromatic N) is 2. The SMILES string of the molecule is O=C1C2=C(CC3=CN=CC3=C2)C(=O)c2ncccc21. The van der Waals surface area contributed by atoms with Crippen LogP contribution in [0.3, 0.4) is 0 Å². The monoisotopic (exact) mass is 248 g/mol. The van der Waals surface area contributed by atoms with Crippen molar-refractivity contribution in [3.8, 4) is 0 Å². The molecule has 4 rings (SSSR count). The van der Waals surface area contributed by atoms with Crippen molar-refractivity contribution in [1.29, 1.82) is 0 Å². The summed E-state index contributed by atoms with van der Waals surface area (Å²) >= 11 is 0. The van der Waals surface area contributed by atoms with Crippen LogP contribution in [-0.2, 0) is 0 Å². The smallest absolute Gasteiger partial charge is 0.209 e. The Morgan fingerprint density at radius 3 is 2.95 bits per heavy atom. The zero-order valence-electron chi connectivity index (χ0n) is 9.88. The molecule has 1 aliphatic heterocycles. The Balaban J connectivity index is 1.96. The molecule has 1 aromatic heterocycles. The third-order valence-corrected chi connectivity index (χ3v) is 3.59. The van der Waals surface area contributed by atoms with Crippen molar-refractivity contribution < 1.29 is 9.59 Å². The van der Waals surface area contributed by atoms with Gasteiger partial charge < -0.3 is 0 Å². The van der Waals surface area contributed by atoms with E-state index in [2.05, 4.69) is 9.98 Å². The Hall–Kier alpha value is -2.62. The number of hydrogen-bond donors (Lipinski definition) is 0. The van der Waals surface area contributed by atoms with Crippen molar-refractivity contribution in [3.63, 3.8) is 0 Å². The lowest BCUT2D eigenvalue weighted by atomic mass is 9.79. The molecule has 0 saturated carbocycles. The summed E-state index contributed by atoms with van der Waals surface area (Å²) in [5, 5.41) is 0. The van der Waals surface area contributed by atoms with Gasteiger partial charge in [-0.3, -0.25) is 19.6 Å². The van der Waals surface area contributed by atoms with Crippen molar-refractivity contribution in [2.75, 3.05) is 0 Å². The van der Waals surface area contributed by atoms with Gasteiger partial charge in [0.1, 0.15) is 5.69 Å². The van der Waals surface area contributed by atoms with Crippen molar-refractivity contribution in [2.45, 2.75) is 6.42 Å². The number of rotatable bonds is 0. The molecule has 90 valence electrons. The van der Waals surface area contributed by atoms with Crippen LogP contribution in [0, 0.1) is 0 Å². The van der Waals surface area contributed by atoms with E-state index < -0.39 is 0 Å². The summed E-state index contributed by atoms with van der Waals surface area (Å²) in [6.45, 7) is 0. The first-order chi connectivity index (χ1) is 9.25. The van der Waals surface area contributed by atoms with E-state index in [1.165, 1.54) is 6.20 Å². The molecular weight excluding hydrogens is 240 g/mol. The van der Waals surface area contributed by atoms with Gasteiger partial charge in [0.05, 0.1) is 5.56 Å². The summed E-state index contributed by atoms with van der Waals surface area (Å²) in [6.07, 6.45) is 7.22. The maximum atomic E-state index is 12.4. The van der Waals surface area contributed by atoms with Gasteiger partial charge in [0.15, 0.2) is 5.78 Å². The predicted molar refractivity (Wildman–Crippen MR) is 69.2 cm³/mol. The van der Waals surface area contributed by atoms with E-state index in [0.717, 1.165) is 11.1 Å². The Morgan fingerprint density at radius 1 is 1.16 bits per heavy atom. The molecule has 0 amide bonds. The Labute approximate surface area is 108 Å². The van der Waals surface area contributed by atoms with E-state index in [0.29, 0.717) is 23.1 Å². The normalized spacial score (nSPS) is 19.8. The number of aliphatic imine (C=N–C) groups is 1. The number of Topliss-reactive ketones (excluding diaryl/α,β-unsaturated/α-hetero) is 2. The van der Waals surface area contributed by atoms with E-state index >= 15 is 0 Å². The molecule has 19 heavy (non-hydrogen) atoms. The highest BCUT2D eigenvalue weighted by atomic mass is 16.1. The first-order valence-corrected chi connectivity index (χ1v) is 5.97. The molecule has 0 aromatic carbocycles. The van der Waals surface area contributed by atoms with E-state index in [4.69, 9.17) is 0 Å². The number of pyridine rings is 1. The highest BCUT2D eigenvalue weighted by molar-refractivity contribution is 6.28. The summed E-state index contributed by atoms with van der Waals surface area (Å²) in [5.41, 5.74) is 3.60. The highest BCUT2D eigenvalue weighted by Gasteiger charge is 2.35. The van der Waals surface area contributed by atoms with Gasteiger partial charge in [0, 0.05) is 36.2 Å². The van der Waals surface area contributed by atoms with Crippen molar-refractivity contribution in [2.24, 2.45) is 4.99 Å². The lowest BCUT2D eigenvalue weighted by molar-refractivity contribution is 0.0971. The molecule has 4 nitrogen and oxygen atoms in total. The largest absolute Gasteiger partial charge is 0.289 e. The minimum atomic E-state index is -0.145. The zero-order chi connectivity index (χ0) is 13.0. The topological polar surface area (TPSA) is 59.4 Å². The molecule has 0 spiro atoms. The summed E-state index contributed by atoms with van der Waals surface area (Å²) in [5.74, 6) is -0.266. The summed E-state index contributed by atoms with van der Waals surface area (Å²) < 4.78 is 0. The Kier molecular flexibility index (Phi) is 1.87. The van der Waals surface area contributed by atoms with E-state index in [9.17, 15) is 9.59 Å². The Morgan fingerprint density at radius 2 is 2.05 bits per heavy atom. The molecule has 1 aromatic rings. The third kappa shape index (κ3) is 1.28. The molecule has 3 aliphatic rings. The molecule has 0 N–H and O–H groups in total. The van der Waals surface area contributed by atoms with Gasteiger partial charge in [-0.25, -0.2) is 0 Å². The number of allylic oxidation sites excluding steroid dienone is 5. The first kappa shape index (κ1) is 10.3. The highest BCUT2D eigenvalue weighted by Crippen LogP contribution is 2.36. The summed E-state index contributed by atoms with van der Waals surface area (Å²) in [6, 6.07) is 3.33. The second kappa shape index (κ2) is 3.45. The van der Waals surface area contributed by atoms with Crippen LogP contribution < -0.4 is 0 Å². The van der Waals surface area contributed by atoms with E-state index in [1.807, 2.05) is 0 Å². The molecule has 0 unspecified atom stereocenters. The van der Waals surface area contributed by atoms with E-state index in [-0.39, 0.29) is 17.3 Å². The van der Waals surface area contributed by atoms with E-state index in [1.54, 1.807) is 30.6 Å². The number of carbonyl (C=O) groups is 2. The van der Waals surface area contributed by atoms with Crippen LogP contribution in [0.25, 0.3) is 0 Å². The maximum Gasteiger partial charge on any atom is 0.209 e. The molecule has 0 fully saturated rings. The van der Waals surface area contributed by atoms with Crippen LogP contribution in [0.4, 0.5) is 0 Å². The van der Waals surface area contributed by atoms with Crippen LogP contribution in [0.5, 0.6) is 0 Å². The third-order valence-electron chi connectivity index (χ3n) is 3.59. The lowest BCUT2D eigenvalue weighted by Crippen LogP contribution is -2.25. The summed E-state index contributed by atoms with van der Waals surface area (Å²) in [4.78, 5) is 33.0. The van der Waals surface area contributed by atoms with Gasteiger partial charge in [-0.05, 0) is 29.4 Å². The van der Waals surface area contributed by atoms with Gasteiger partial charge in [-0.2, -0.15) is 0 Å². The molecule has 0 atom stereocenters. The maximum absolute atomic E-state index is 12.4. The minimum Gasteiger partial charge on any atom is -0.289 e. The fourth-order valence-corrected chi connectivity index (χ4v) is 2.63. The van der Waals surface area contributed by atoms with Crippen LogP contribution in [0.15, 0.2) is 57.9 Å². The van der Waals surface area contributed by atoms with Gasteiger partial charge >= 0.3 is 0 Å².